The lowest BCUT2D eigenvalue weighted by Gasteiger charge is -2.36. The number of nitrogens with one attached hydrogen (secondary N) is 1. The Morgan fingerprint density at radius 1 is 1.17 bits per heavy atom. The maximum absolute atomic E-state index is 9.61. The number of aliphatic hydroxyl groups excluding tert-OH is 1. The van der Waals surface area contributed by atoms with Crippen LogP contribution >= 0.6 is 0 Å². The number of unbranched alkanes of at least 4 members (excludes halogenated alkanes) is 1. The van der Waals surface area contributed by atoms with Crippen molar-refractivity contribution in [1.82, 2.24) is 19.9 Å². The van der Waals surface area contributed by atoms with E-state index in [0.717, 1.165) is 31.0 Å². The molecule has 1 saturated carbocycles. The molecule has 2 unspecified atom stereocenters. The standard InChI is InChI=1S/C23H37N5O/c24-11-2-1-5-20(22-21-10-12-25-23(21)27-16-26-22)18-8-6-17(7-9-18)14-28-13-3-4-19(28)15-29/h10,12,16-20,29H,1-9,11,13-15,24H2,(H,25,26,27). The number of nitrogens with two attached hydrogens (primary N) is 1. The van der Waals surface area contributed by atoms with E-state index in [-0.39, 0.29) is 0 Å². The summed E-state index contributed by atoms with van der Waals surface area (Å²) in [6, 6.07) is 2.54. The first-order valence-corrected chi connectivity index (χ1v) is 11.6. The number of hydrogen-bond acceptors (Lipinski definition) is 5. The molecule has 0 spiro atoms. The predicted octanol–water partition coefficient (Wildman–Crippen LogP) is 3.43. The molecule has 2 atom stereocenters. The molecule has 4 N–H and O–H groups in total. The number of H-pyrrole nitrogens is 1. The summed E-state index contributed by atoms with van der Waals surface area (Å²) in [5.41, 5.74) is 7.96. The molecule has 6 nitrogen and oxygen atoms in total. The summed E-state index contributed by atoms with van der Waals surface area (Å²) in [5.74, 6) is 1.98. The number of likely N-dealkylation sites (tertiary alicyclic amines) is 1. The Labute approximate surface area is 174 Å². The van der Waals surface area contributed by atoms with Gasteiger partial charge in [0.2, 0.25) is 0 Å². The number of aromatic nitrogens is 3. The summed E-state index contributed by atoms with van der Waals surface area (Å²) in [6.45, 7) is 3.42. The highest BCUT2D eigenvalue weighted by Crippen LogP contribution is 2.42. The van der Waals surface area contributed by atoms with Crippen LogP contribution in [0.4, 0.5) is 0 Å². The third kappa shape index (κ3) is 4.81. The number of aliphatic hydroxyl groups is 1. The highest BCUT2D eigenvalue weighted by atomic mass is 16.3. The molecule has 1 aliphatic heterocycles. The smallest absolute Gasteiger partial charge is 0.140 e. The third-order valence-electron chi connectivity index (χ3n) is 7.37. The Morgan fingerprint density at radius 2 is 2.03 bits per heavy atom. The monoisotopic (exact) mass is 399 g/mol. The van der Waals surface area contributed by atoms with Crippen LogP contribution in [0.1, 0.15) is 69.4 Å². The minimum absolute atomic E-state index is 0.318. The molecule has 1 saturated heterocycles. The lowest BCUT2D eigenvalue weighted by atomic mass is 9.72. The lowest BCUT2D eigenvalue weighted by molar-refractivity contribution is 0.120. The molecule has 2 aromatic rings. The van der Waals surface area contributed by atoms with Gasteiger partial charge in [-0.3, -0.25) is 4.90 Å². The van der Waals surface area contributed by atoms with Gasteiger partial charge in [-0.05, 0) is 82.4 Å². The topological polar surface area (TPSA) is 91.1 Å². The SMILES string of the molecule is NCCCCC(c1ncnc2[nH]ccc12)C1CCC(CN2CCCC2CO)CC1. The molecule has 2 aromatic heterocycles. The maximum Gasteiger partial charge on any atom is 0.140 e. The van der Waals surface area contributed by atoms with Crippen molar-refractivity contribution in [2.75, 3.05) is 26.2 Å². The molecule has 2 aliphatic rings. The fourth-order valence-corrected chi connectivity index (χ4v) is 5.74. The van der Waals surface area contributed by atoms with Crippen LogP contribution in [0.5, 0.6) is 0 Å². The van der Waals surface area contributed by atoms with Crippen molar-refractivity contribution in [3.05, 3.63) is 24.3 Å². The summed E-state index contributed by atoms with van der Waals surface area (Å²) in [6.07, 6.45) is 14.7. The molecule has 160 valence electrons. The second-order valence-electron chi connectivity index (χ2n) is 9.14. The fraction of sp³-hybridized carbons (Fsp3) is 0.739. The van der Waals surface area contributed by atoms with Gasteiger partial charge >= 0.3 is 0 Å². The zero-order valence-electron chi connectivity index (χ0n) is 17.6. The van der Waals surface area contributed by atoms with Crippen LogP contribution < -0.4 is 5.73 Å². The van der Waals surface area contributed by atoms with Gasteiger partial charge in [-0.15, -0.1) is 0 Å². The number of aromatic amines is 1. The van der Waals surface area contributed by atoms with Gasteiger partial charge in [-0.2, -0.15) is 0 Å². The molecule has 4 rings (SSSR count). The summed E-state index contributed by atoms with van der Waals surface area (Å²) < 4.78 is 0. The average Bonchev–Trinajstić information content (AvgIpc) is 3.41. The van der Waals surface area contributed by atoms with E-state index in [1.54, 1.807) is 6.33 Å². The van der Waals surface area contributed by atoms with Gasteiger partial charge < -0.3 is 15.8 Å². The van der Waals surface area contributed by atoms with Crippen LogP contribution in [-0.4, -0.2) is 57.2 Å². The highest BCUT2D eigenvalue weighted by molar-refractivity contribution is 5.78. The summed E-state index contributed by atoms with van der Waals surface area (Å²) in [4.78, 5) is 14.9. The van der Waals surface area contributed by atoms with Gasteiger partial charge in [0.1, 0.15) is 12.0 Å². The second-order valence-corrected chi connectivity index (χ2v) is 9.14. The van der Waals surface area contributed by atoms with E-state index in [2.05, 4.69) is 20.9 Å². The van der Waals surface area contributed by atoms with E-state index in [1.165, 1.54) is 69.1 Å². The molecule has 1 aliphatic carbocycles. The number of rotatable bonds is 9. The van der Waals surface area contributed by atoms with Crippen LogP contribution in [0.2, 0.25) is 0 Å². The Kier molecular flexibility index (Phi) is 7.16. The molecule has 0 amide bonds. The quantitative estimate of drug-likeness (QED) is 0.562. The fourth-order valence-electron chi connectivity index (χ4n) is 5.74. The normalized spacial score (nSPS) is 26.9. The van der Waals surface area contributed by atoms with Crippen molar-refractivity contribution in [1.29, 1.82) is 0 Å². The summed E-state index contributed by atoms with van der Waals surface area (Å²) in [7, 11) is 0. The Hall–Kier alpha value is -1.50. The van der Waals surface area contributed by atoms with E-state index in [1.807, 2.05) is 6.20 Å². The van der Waals surface area contributed by atoms with Gasteiger partial charge in [0.05, 0.1) is 12.3 Å². The van der Waals surface area contributed by atoms with Gasteiger partial charge in [0.25, 0.3) is 0 Å². The minimum atomic E-state index is 0.318. The molecule has 3 heterocycles. The van der Waals surface area contributed by atoms with E-state index < -0.39 is 0 Å². The molecule has 6 heteroatoms. The first-order chi connectivity index (χ1) is 14.3. The van der Waals surface area contributed by atoms with Crippen molar-refractivity contribution < 1.29 is 5.11 Å². The summed E-state index contributed by atoms with van der Waals surface area (Å²) in [5, 5.41) is 10.8. The predicted molar refractivity (Wildman–Crippen MR) is 117 cm³/mol. The number of nitrogens with zero attached hydrogens (tertiary/aromatic N) is 3. The second kappa shape index (κ2) is 10.0. The van der Waals surface area contributed by atoms with Gasteiger partial charge in [-0.1, -0.05) is 6.42 Å². The molecule has 0 aromatic carbocycles. The number of hydrogen-bond donors (Lipinski definition) is 3. The first-order valence-electron chi connectivity index (χ1n) is 11.6. The van der Waals surface area contributed by atoms with E-state index >= 15 is 0 Å². The van der Waals surface area contributed by atoms with Crippen molar-refractivity contribution >= 4 is 11.0 Å². The van der Waals surface area contributed by atoms with Gasteiger partial charge in [0.15, 0.2) is 0 Å². The minimum Gasteiger partial charge on any atom is -0.395 e. The van der Waals surface area contributed by atoms with Crippen molar-refractivity contribution in [2.24, 2.45) is 17.6 Å². The van der Waals surface area contributed by atoms with E-state index in [0.29, 0.717) is 24.5 Å². The summed E-state index contributed by atoms with van der Waals surface area (Å²) >= 11 is 0. The lowest BCUT2D eigenvalue weighted by Crippen LogP contribution is -2.37. The zero-order valence-corrected chi connectivity index (χ0v) is 17.6. The Balaban J connectivity index is 1.42. The molecule has 2 fully saturated rings. The highest BCUT2D eigenvalue weighted by Gasteiger charge is 2.32. The first kappa shape index (κ1) is 20.8. The van der Waals surface area contributed by atoms with Gasteiger partial charge in [-0.25, -0.2) is 9.97 Å². The van der Waals surface area contributed by atoms with E-state index in [4.69, 9.17) is 10.7 Å². The largest absolute Gasteiger partial charge is 0.395 e. The molecule has 29 heavy (non-hydrogen) atoms. The number of fused-ring (bicyclic) bond motifs is 1. The van der Waals surface area contributed by atoms with Crippen molar-refractivity contribution in [2.45, 2.75) is 69.7 Å². The Morgan fingerprint density at radius 3 is 2.83 bits per heavy atom. The van der Waals surface area contributed by atoms with Gasteiger partial charge in [0, 0.05) is 30.1 Å². The van der Waals surface area contributed by atoms with Crippen LogP contribution in [0.15, 0.2) is 18.6 Å². The van der Waals surface area contributed by atoms with Crippen LogP contribution in [0.3, 0.4) is 0 Å². The van der Waals surface area contributed by atoms with Crippen LogP contribution in [0.25, 0.3) is 11.0 Å². The maximum atomic E-state index is 9.61. The zero-order chi connectivity index (χ0) is 20.1. The molecule has 0 radical (unpaired) electrons. The van der Waals surface area contributed by atoms with Crippen LogP contribution in [-0.2, 0) is 0 Å². The van der Waals surface area contributed by atoms with Crippen molar-refractivity contribution in [3.63, 3.8) is 0 Å². The molecular formula is C23H37N5O. The van der Waals surface area contributed by atoms with Crippen LogP contribution in [0, 0.1) is 11.8 Å². The van der Waals surface area contributed by atoms with E-state index in [9.17, 15) is 5.11 Å². The average molecular weight is 400 g/mol. The third-order valence-corrected chi connectivity index (χ3v) is 7.37. The molecule has 0 bridgehead atoms. The molecular weight excluding hydrogens is 362 g/mol. The van der Waals surface area contributed by atoms with Crippen molar-refractivity contribution in [3.8, 4) is 0 Å². The Bertz CT molecular complexity index is 755.